The van der Waals surface area contributed by atoms with E-state index in [-0.39, 0.29) is 5.69 Å². The number of aromatic carboxylic acids is 1. The molecule has 0 aliphatic carbocycles. The second-order valence-corrected chi connectivity index (χ2v) is 4.57. The van der Waals surface area contributed by atoms with Crippen molar-refractivity contribution in [2.24, 2.45) is 0 Å². The highest BCUT2D eigenvalue weighted by Crippen LogP contribution is 2.29. The quantitative estimate of drug-likeness (QED) is 0.903. The van der Waals surface area contributed by atoms with Gasteiger partial charge in [0, 0.05) is 5.69 Å². The van der Waals surface area contributed by atoms with Gasteiger partial charge in [-0.05, 0) is 46.3 Å². The minimum absolute atomic E-state index is 0.0152. The van der Waals surface area contributed by atoms with Crippen LogP contribution in [0.5, 0.6) is 5.75 Å². The van der Waals surface area contributed by atoms with E-state index >= 15 is 0 Å². The van der Waals surface area contributed by atoms with Crippen LogP contribution in [0.1, 0.15) is 10.5 Å². The highest BCUT2D eigenvalue weighted by molar-refractivity contribution is 9.10. The summed E-state index contributed by atoms with van der Waals surface area (Å²) in [6.45, 7) is 0. The van der Waals surface area contributed by atoms with Gasteiger partial charge < -0.3 is 15.2 Å². The molecule has 0 amide bonds. The van der Waals surface area contributed by atoms with E-state index in [2.05, 4.69) is 26.2 Å². The fourth-order valence-corrected chi connectivity index (χ4v) is 2.05. The predicted octanol–water partition coefficient (Wildman–Crippen LogP) is 3.29. The van der Waals surface area contributed by atoms with Gasteiger partial charge in [0.05, 0.1) is 23.5 Å². The number of rotatable bonds is 4. The summed E-state index contributed by atoms with van der Waals surface area (Å²) >= 11 is 3.39. The molecule has 2 aromatic rings. The predicted molar refractivity (Wildman–Crippen MR) is 75.2 cm³/mol. The van der Waals surface area contributed by atoms with Crippen LogP contribution < -0.4 is 10.1 Å². The van der Waals surface area contributed by atoms with Gasteiger partial charge in [-0.2, -0.15) is 0 Å². The number of halogens is 1. The molecule has 0 bridgehead atoms. The zero-order valence-electron chi connectivity index (χ0n) is 10.1. The number of nitrogens with one attached hydrogen (secondary N) is 1. The van der Waals surface area contributed by atoms with E-state index in [1.165, 1.54) is 12.3 Å². The monoisotopic (exact) mass is 322 g/mol. The van der Waals surface area contributed by atoms with Crippen LogP contribution in [0.25, 0.3) is 0 Å². The molecule has 0 fully saturated rings. The zero-order valence-corrected chi connectivity index (χ0v) is 11.6. The molecule has 1 aromatic heterocycles. The molecule has 0 radical (unpaired) electrons. The molecule has 19 heavy (non-hydrogen) atoms. The number of nitrogens with zero attached hydrogens (tertiary/aromatic N) is 1. The van der Waals surface area contributed by atoms with Crippen molar-refractivity contribution in [2.75, 3.05) is 12.4 Å². The molecule has 5 nitrogen and oxygen atoms in total. The number of methoxy groups -OCH3 is 1. The van der Waals surface area contributed by atoms with E-state index in [1.54, 1.807) is 13.2 Å². The number of carboxylic acid groups (broad SMARTS) is 1. The van der Waals surface area contributed by atoms with Gasteiger partial charge >= 0.3 is 5.97 Å². The van der Waals surface area contributed by atoms with Crippen LogP contribution in [0.3, 0.4) is 0 Å². The third-order valence-corrected chi connectivity index (χ3v) is 3.04. The number of anilines is 2. The van der Waals surface area contributed by atoms with Gasteiger partial charge in [-0.1, -0.05) is 0 Å². The molecule has 0 unspecified atom stereocenters. The van der Waals surface area contributed by atoms with Crippen LogP contribution in [0.2, 0.25) is 0 Å². The number of aromatic nitrogens is 1. The fraction of sp³-hybridized carbons (Fsp3) is 0.0769. The normalized spacial score (nSPS) is 10.0. The standard InChI is InChI=1S/C13H11BrN2O3/c1-19-12-5-3-8(6-10(12)14)16-9-2-4-11(13(17)18)15-7-9/h2-7,16H,1H3,(H,17,18). The Hall–Kier alpha value is -2.08. The summed E-state index contributed by atoms with van der Waals surface area (Å²) in [5.41, 5.74) is 1.57. The second kappa shape index (κ2) is 5.71. The largest absolute Gasteiger partial charge is 0.496 e. The van der Waals surface area contributed by atoms with Crippen LogP contribution in [0, 0.1) is 0 Å². The lowest BCUT2D eigenvalue weighted by Gasteiger charge is -2.09. The topological polar surface area (TPSA) is 71.5 Å². The Morgan fingerprint density at radius 2 is 2.05 bits per heavy atom. The Balaban J connectivity index is 2.16. The third kappa shape index (κ3) is 3.23. The lowest BCUT2D eigenvalue weighted by atomic mass is 10.2. The maximum Gasteiger partial charge on any atom is 0.354 e. The number of carboxylic acids is 1. The summed E-state index contributed by atoms with van der Waals surface area (Å²) in [6.07, 6.45) is 1.47. The van der Waals surface area contributed by atoms with E-state index in [1.807, 2.05) is 18.2 Å². The number of benzene rings is 1. The van der Waals surface area contributed by atoms with E-state index in [0.717, 1.165) is 15.9 Å². The highest BCUT2D eigenvalue weighted by Gasteiger charge is 2.05. The number of hydrogen-bond acceptors (Lipinski definition) is 4. The van der Waals surface area contributed by atoms with E-state index < -0.39 is 5.97 Å². The van der Waals surface area contributed by atoms with Gasteiger partial charge in [-0.25, -0.2) is 9.78 Å². The molecule has 0 spiro atoms. The minimum atomic E-state index is -1.04. The smallest absolute Gasteiger partial charge is 0.354 e. The average molecular weight is 323 g/mol. The van der Waals surface area contributed by atoms with Crippen molar-refractivity contribution in [3.05, 3.63) is 46.7 Å². The number of hydrogen-bond donors (Lipinski definition) is 2. The molecule has 0 saturated carbocycles. The summed E-state index contributed by atoms with van der Waals surface area (Å²) in [4.78, 5) is 14.5. The Bertz CT molecular complexity index is 599. The van der Waals surface area contributed by atoms with Crippen LogP contribution in [-0.2, 0) is 0 Å². The van der Waals surface area contributed by atoms with E-state index in [0.29, 0.717) is 5.69 Å². The fourth-order valence-electron chi connectivity index (χ4n) is 1.51. The number of carbonyl (C=O) groups is 1. The second-order valence-electron chi connectivity index (χ2n) is 3.71. The van der Waals surface area contributed by atoms with Gasteiger partial charge in [0.15, 0.2) is 0 Å². The molecule has 0 atom stereocenters. The third-order valence-electron chi connectivity index (χ3n) is 2.42. The molecule has 98 valence electrons. The van der Waals surface area contributed by atoms with Crippen molar-refractivity contribution in [1.29, 1.82) is 0 Å². The van der Waals surface area contributed by atoms with Crippen molar-refractivity contribution in [3.8, 4) is 5.75 Å². The maximum atomic E-state index is 10.7. The summed E-state index contributed by atoms with van der Waals surface area (Å²) in [5, 5.41) is 11.9. The molecule has 1 heterocycles. The number of ether oxygens (including phenoxy) is 1. The number of pyridine rings is 1. The summed E-state index contributed by atoms with van der Waals surface area (Å²) in [7, 11) is 1.60. The molecular formula is C13H11BrN2O3. The van der Waals surface area contributed by atoms with Crippen LogP contribution in [-0.4, -0.2) is 23.2 Å². The first-order chi connectivity index (χ1) is 9.10. The highest BCUT2D eigenvalue weighted by atomic mass is 79.9. The first-order valence-electron chi connectivity index (χ1n) is 5.40. The summed E-state index contributed by atoms with van der Waals surface area (Å²) < 4.78 is 5.97. The molecule has 2 rings (SSSR count). The van der Waals surface area contributed by atoms with Crippen molar-refractivity contribution in [1.82, 2.24) is 4.98 Å². The van der Waals surface area contributed by atoms with Crippen molar-refractivity contribution >= 4 is 33.3 Å². The van der Waals surface area contributed by atoms with Crippen LogP contribution in [0.15, 0.2) is 41.0 Å². The molecule has 6 heteroatoms. The van der Waals surface area contributed by atoms with Crippen LogP contribution >= 0.6 is 15.9 Å². The Morgan fingerprint density at radius 1 is 1.32 bits per heavy atom. The Kier molecular flexibility index (Phi) is 4.01. The van der Waals surface area contributed by atoms with Gasteiger partial charge in [0.2, 0.25) is 0 Å². The minimum Gasteiger partial charge on any atom is -0.496 e. The average Bonchev–Trinajstić information content (AvgIpc) is 2.39. The molecule has 0 aliphatic heterocycles. The first kappa shape index (κ1) is 13.4. The maximum absolute atomic E-state index is 10.7. The summed E-state index contributed by atoms with van der Waals surface area (Å²) in [5.74, 6) is -0.302. The van der Waals surface area contributed by atoms with Crippen molar-refractivity contribution < 1.29 is 14.6 Å². The first-order valence-corrected chi connectivity index (χ1v) is 6.19. The zero-order chi connectivity index (χ0) is 13.8. The Labute approximate surface area is 118 Å². The van der Waals surface area contributed by atoms with Gasteiger partial charge in [0.25, 0.3) is 0 Å². The molecule has 1 aromatic carbocycles. The molecule has 0 saturated heterocycles. The van der Waals surface area contributed by atoms with Crippen LogP contribution in [0.4, 0.5) is 11.4 Å². The van der Waals surface area contributed by atoms with Crippen molar-refractivity contribution in [3.63, 3.8) is 0 Å². The van der Waals surface area contributed by atoms with Gasteiger partial charge in [0.1, 0.15) is 11.4 Å². The Morgan fingerprint density at radius 3 is 2.58 bits per heavy atom. The van der Waals surface area contributed by atoms with E-state index in [9.17, 15) is 4.79 Å². The van der Waals surface area contributed by atoms with Gasteiger partial charge in [-0.15, -0.1) is 0 Å². The SMILES string of the molecule is COc1ccc(Nc2ccc(C(=O)O)nc2)cc1Br. The molecule has 0 aliphatic rings. The van der Waals surface area contributed by atoms with E-state index in [4.69, 9.17) is 9.84 Å². The molecular weight excluding hydrogens is 312 g/mol. The van der Waals surface area contributed by atoms with Crippen molar-refractivity contribution in [2.45, 2.75) is 0 Å². The lowest BCUT2D eigenvalue weighted by molar-refractivity contribution is 0.0690. The lowest BCUT2D eigenvalue weighted by Crippen LogP contribution is -2.00. The molecule has 2 N–H and O–H groups in total. The van der Waals surface area contributed by atoms with Gasteiger partial charge in [-0.3, -0.25) is 0 Å². The summed E-state index contributed by atoms with van der Waals surface area (Å²) in [6, 6.07) is 8.65.